The van der Waals surface area contributed by atoms with Crippen LogP contribution in [0.15, 0.2) is 12.1 Å². The van der Waals surface area contributed by atoms with Crippen molar-refractivity contribution < 1.29 is 23.9 Å². The lowest BCUT2D eigenvalue weighted by atomic mass is 10.1. The van der Waals surface area contributed by atoms with Gasteiger partial charge >= 0.3 is 5.69 Å². The molecule has 1 aliphatic heterocycles. The third kappa shape index (κ3) is 3.22. The van der Waals surface area contributed by atoms with Crippen LogP contribution in [0.3, 0.4) is 0 Å². The van der Waals surface area contributed by atoms with Crippen LogP contribution in [0.1, 0.15) is 6.92 Å². The van der Waals surface area contributed by atoms with E-state index in [9.17, 15) is 19.6 Å². The third-order valence-electron chi connectivity index (χ3n) is 3.32. The summed E-state index contributed by atoms with van der Waals surface area (Å²) in [7, 11) is 1.29. The Balaban J connectivity index is 2.37. The molecule has 8 heteroatoms. The number of anilines is 1. The number of methoxy groups -OCH3 is 1. The molecule has 0 bridgehead atoms. The largest absolute Gasteiger partial charge is 0.490 e. The molecule has 116 valence electrons. The fourth-order valence-corrected chi connectivity index (χ4v) is 2.42. The predicted octanol–water partition coefficient (Wildman–Crippen LogP) is 1.33. The second kappa shape index (κ2) is 6.23. The van der Waals surface area contributed by atoms with E-state index in [2.05, 4.69) is 0 Å². The normalized spacial score (nSPS) is 22.2. The van der Waals surface area contributed by atoms with Crippen LogP contribution in [0.25, 0.3) is 0 Å². The zero-order valence-corrected chi connectivity index (χ0v) is 11.8. The monoisotopic (exact) mass is 300 g/mol. The fourth-order valence-electron chi connectivity index (χ4n) is 2.42. The molecule has 0 amide bonds. The smallest absolute Gasteiger partial charge is 0.313 e. The van der Waals surface area contributed by atoms with E-state index >= 15 is 0 Å². The van der Waals surface area contributed by atoms with Crippen molar-refractivity contribution in [2.75, 3.05) is 31.7 Å². The average Bonchev–Trinajstić information content (AvgIpc) is 2.46. The van der Waals surface area contributed by atoms with E-state index in [1.807, 2.05) is 6.92 Å². The van der Waals surface area contributed by atoms with Crippen LogP contribution in [-0.4, -0.2) is 49.0 Å². The maximum atomic E-state index is 14.2. The highest BCUT2D eigenvalue weighted by atomic mass is 19.1. The Morgan fingerprint density at radius 1 is 1.57 bits per heavy atom. The lowest BCUT2D eigenvalue weighted by Crippen LogP contribution is -2.48. The van der Waals surface area contributed by atoms with Gasteiger partial charge in [0.2, 0.25) is 0 Å². The minimum absolute atomic E-state index is 0.00362. The summed E-state index contributed by atoms with van der Waals surface area (Å²) in [6.45, 7) is 2.37. The summed E-state index contributed by atoms with van der Waals surface area (Å²) < 4.78 is 24.6. The number of hydrogen-bond acceptors (Lipinski definition) is 6. The van der Waals surface area contributed by atoms with Crippen LogP contribution in [0.5, 0.6) is 5.75 Å². The zero-order chi connectivity index (χ0) is 15.6. The molecule has 2 unspecified atom stereocenters. The summed E-state index contributed by atoms with van der Waals surface area (Å²) in [5.41, 5.74) is -0.218. The topological polar surface area (TPSA) is 85.1 Å². The van der Waals surface area contributed by atoms with Gasteiger partial charge in [0, 0.05) is 19.2 Å². The standard InChI is InChI=1S/C13H17FN2O5/c1-8-5-15(6-9(7-17)21-8)11-4-13(20-2)12(16(18)19)3-10(11)14/h3-4,8-9,17H,5-7H2,1-2H3. The number of aliphatic hydroxyl groups is 1. The van der Waals surface area contributed by atoms with Gasteiger partial charge < -0.3 is 19.5 Å². The molecule has 1 fully saturated rings. The molecule has 1 aromatic rings. The van der Waals surface area contributed by atoms with Crippen LogP contribution in [-0.2, 0) is 4.74 Å². The lowest BCUT2D eigenvalue weighted by Gasteiger charge is -2.37. The first-order chi connectivity index (χ1) is 9.96. The molecule has 1 N–H and O–H groups in total. The highest BCUT2D eigenvalue weighted by molar-refractivity contribution is 5.60. The van der Waals surface area contributed by atoms with Gasteiger partial charge in [0.1, 0.15) is 0 Å². The summed E-state index contributed by atoms with van der Waals surface area (Å²) in [6, 6.07) is 2.15. The molecule has 21 heavy (non-hydrogen) atoms. The maximum absolute atomic E-state index is 14.2. The van der Waals surface area contributed by atoms with Crippen molar-refractivity contribution in [1.29, 1.82) is 0 Å². The molecule has 0 saturated carbocycles. The number of benzene rings is 1. The average molecular weight is 300 g/mol. The Hall–Kier alpha value is -1.93. The predicted molar refractivity (Wildman–Crippen MR) is 73.2 cm³/mol. The van der Waals surface area contributed by atoms with E-state index in [0.29, 0.717) is 13.1 Å². The van der Waals surface area contributed by atoms with Crippen molar-refractivity contribution in [3.05, 3.63) is 28.1 Å². The Morgan fingerprint density at radius 2 is 2.29 bits per heavy atom. The van der Waals surface area contributed by atoms with E-state index in [4.69, 9.17) is 9.47 Å². The van der Waals surface area contributed by atoms with Crippen LogP contribution in [0, 0.1) is 15.9 Å². The first-order valence-electron chi connectivity index (χ1n) is 6.49. The molecule has 7 nitrogen and oxygen atoms in total. The van der Waals surface area contributed by atoms with Crippen LogP contribution >= 0.6 is 0 Å². The quantitative estimate of drug-likeness (QED) is 0.667. The molecule has 0 aliphatic carbocycles. The van der Waals surface area contributed by atoms with Crippen molar-refractivity contribution in [2.45, 2.75) is 19.1 Å². The molecule has 1 heterocycles. The van der Waals surface area contributed by atoms with Gasteiger partial charge in [0.05, 0.1) is 42.6 Å². The summed E-state index contributed by atoms with van der Waals surface area (Å²) in [5.74, 6) is -0.704. The van der Waals surface area contributed by atoms with Gasteiger partial charge in [-0.1, -0.05) is 0 Å². The van der Waals surface area contributed by atoms with Crippen molar-refractivity contribution >= 4 is 11.4 Å². The molecule has 1 aromatic carbocycles. The molecule has 2 atom stereocenters. The number of hydrogen-bond donors (Lipinski definition) is 1. The van der Waals surface area contributed by atoms with Gasteiger partial charge in [0.15, 0.2) is 11.6 Å². The van der Waals surface area contributed by atoms with Crippen molar-refractivity contribution in [3.63, 3.8) is 0 Å². The van der Waals surface area contributed by atoms with Gasteiger partial charge in [-0.25, -0.2) is 4.39 Å². The van der Waals surface area contributed by atoms with E-state index in [0.717, 1.165) is 6.07 Å². The van der Waals surface area contributed by atoms with E-state index in [1.54, 1.807) is 4.90 Å². The van der Waals surface area contributed by atoms with E-state index < -0.39 is 22.5 Å². The molecule has 2 rings (SSSR count). The molecule has 0 aromatic heterocycles. The second-order valence-electron chi connectivity index (χ2n) is 4.89. The summed E-state index contributed by atoms with van der Waals surface area (Å²) in [6.07, 6.45) is -0.606. The Morgan fingerprint density at radius 3 is 2.86 bits per heavy atom. The highest BCUT2D eigenvalue weighted by Gasteiger charge is 2.29. The van der Waals surface area contributed by atoms with Crippen molar-refractivity contribution in [1.82, 2.24) is 0 Å². The zero-order valence-electron chi connectivity index (χ0n) is 11.8. The van der Waals surface area contributed by atoms with Gasteiger partial charge in [0.25, 0.3) is 0 Å². The molecular weight excluding hydrogens is 283 g/mol. The van der Waals surface area contributed by atoms with Crippen molar-refractivity contribution in [3.8, 4) is 5.75 Å². The summed E-state index contributed by atoms with van der Waals surface area (Å²) in [5, 5.41) is 20.1. The Bertz CT molecular complexity index is 540. The number of nitro groups is 1. The SMILES string of the molecule is COc1cc(N2CC(C)OC(CO)C2)c(F)cc1[N+](=O)[O-]. The van der Waals surface area contributed by atoms with Gasteiger partial charge in [-0.2, -0.15) is 0 Å². The first kappa shape index (κ1) is 15.5. The molecule has 1 aliphatic rings. The number of rotatable bonds is 4. The first-order valence-corrected chi connectivity index (χ1v) is 6.49. The maximum Gasteiger partial charge on any atom is 0.313 e. The number of aliphatic hydroxyl groups excluding tert-OH is 1. The molecular formula is C13H17FN2O5. The number of ether oxygens (including phenoxy) is 2. The van der Waals surface area contributed by atoms with Crippen LogP contribution < -0.4 is 9.64 Å². The number of nitro benzene ring substituents is 1. The Kier molecular flexibility index (Phi) is 4.59. The number of halogens is 1. The second-order valence-corrected chi connectivity index (χ2v) is 4.89. The summed E-state index contributed by atoms with van der Waals surface area (Å²) in [4.78, 5) is 11.9. The summed E-state index contributed by atoms with van der Waals surface area (Å²) >= 11 is 0. The highest BCUT2D eigenvalue weighted by Crippen LogP contribution is 2.35. The third-order valence-corrected chi connectivity index (χ3v) is 3.32. The van der Waals surface area contributed by atoms with Gasteiger partial charge in [-0.05, 0) is 6.92 Å². The van der Waals surface area contributed by atoms with E-state index in [1.165, 1.54) is 13.2 Å². The molecule has 1 saturated heterocycles. The van der Waals surface area contributed by atoms with Gasteiger partial charge in [-0.15, -0.1) is 0 Å². The minimum Gasteiger partial charge on any atom is -0.490 e. The lowest BCUT2D eigenvalue weighted by molar-refractivity contribution is -0.385. The Labute approximate surface area is 121 Å². The number of morpholine rings is 1. The minimum atomic E-state index is -0.701. The van der Waals surface area contributed by atoms with Gasteiger partial charge in [-0.3, -0.25) is 10.1 Å². The van der Waals surface area contributed by atoms with E-state index in [-0.39, 0.29) is 24.1 Å². The molecule has 0 radical (unpaired) electrons. The fraction of sp³-hybridized carbons (Fsp3) is 0.538. The number of nitrogens with zero attached hydrogens (tertiary/aromatic N) is 2. The van der Waals surface area contributed by atoms with Crippen LogP contribution in [0.4, 0.5) is 15.8 Å². The van der Waals surface area contributed by atoms with Crippen LogP contribution in [0.2, 0.25) is 0 Å². The molecule has 0 spiro atoms. The van der Waals surface area contributed by atoms with Crippen molar-refractivity contribution in [2.24, 2.45) is 0 Å².